The van der Waals surface area contributed by atoms with Crippen molar-refractivity contribution < 1.29 is 12.8 Å². The smallest absolute Gasteiger partial charge is 0.215 e. The van der Waals surface area contributed by atoms with Crippen LogP contribution in [0.4, 0.5) is 0 Å². The number of aromatic nitrogens is 2. The molecule has 8 heteroatoms. The minimum atomic E-state index is -3.52. The van der Waals surface area contributed by atoms with Crippen molar-refractivity contribution in [1.82, 2.24) is 14.5 Å². The van der Waals surface area contributed by atoms with E-state index in [1.165, 1.54) is 0 Å². The van der Waals surface area contributed by atoms with E-state index in [2.05, 4.69) is 9.82 Å². The van der Waals surface area contributed by atoms with Gasteiger partial charge in [-0.05, 0) is 35.9 Å². The molecule has 1 unspecified atom stereocenters. The van der Waals surface area contributed by atoms with E-state index in [1.54, 1.807) is 65.8 Å². The molecule has 0 aliphatic heterocycles. The molecule has 0 saturated carbocycles. The minimum absolute atomic E-state index is 0.137. The molecule has 24 heavy (non-hydrogen) atoms. The zero-order chi connectivity index (χ0) is 17.0. The van der Waals surface area contributed by atoms with Gasteiger partial charge < -0.3 is 4.42 Å². The Kier molecular flexibility index (Phi) is 5.03. The molecular formula is C16H16ClN3O3S. The van der Waals surface area contributed by atoms with E-state index < -0.39 is 10.0 Å². The Morgan fingerprint density at radius 1 is 1.25 bits per heavy atom. The highest BCUT2D eigenvalue weighted by Crippen LogP contribution is 2.18. The number of hydrogen-bond acceptors (Lipinski definition) is 4. The van der Waals surface area contributed by atoms with Crippen molar-refractivity contribution in [3.63, 3.8) is 0 Å². The van der Waals surface area contributed by atoms with Crippen molar-refractivity contribution in [1.29, 1.82) is 0 Å². The maximum atomic E-state index is 12.3. The molecule has 0 radical (unpaired) electrons. The summed E-state index contributed by atoms with van der Waals surface area (Å²) in [5.41, 5.74) is 0.628. The lowest BCUT2D eigenvalue weighted by Gasteiger charge is -2.16. The highest BCUT2D eigenvalue weighted by atomic mass is 35.5. The van der Waals surface area contributed by atoms with Crippen molar-refractivity contribution in [2.45, 2.75) is 11.8 Å². The average molecular weight is 366 g/mol. The van der Waals surface area contributed by atoms with Crippen LogP contribution in [-0.4, -0.2) is 24.7 Å². The molecule has 1 atom stereocenters. The van der Waals surface area contributed by atoms with Gasteiger partial charge in [-0.2, -0.15) is 5.10 Å². The normalized spacial score (nSPS) is 13.0. The fourth-order valence-corrected chi connectivity index (χ4v) is 3.72. The van der Waals surface area contributed by atoms with Gasteiger partial charge in [-0.25, -0.2) is 13.1 Å². The summed E-state index contributed by atoms with van der Waals surface area (Å²) in [5.74, 6) is 0.488. The van der Waals surface area contributed by atoms with Crippen molar-refractivity contribution in [3.8, 4) is 0 Å². The van der Waals surface area contributed by atoms with E-state index in [-0.39, 0.29) is 18.3 Å². The van der Waals surface area contributed by atoms with E-state index in [1.807, 2.05) is 0 Å². The molecule has 0 fully saturated rings. The number of halogens is 1. The van der Waals surface area contributed by atoms with Crippen molar-refractivity contribution in [2.24, 2.45) is 0 Å². The Balaban J connectivity index is 1.72. The zero-order valence-electron chi connectivity index (χ0n) is 12.7. The number of nitrogens with one attached hydrogen (secondary N) is 1. The Hall–Kier alpha value is -2.09. The van der Waals surface area contributed by atoms with Crippen LogP contribution in [0.1, 0.15) is 17.4 Å². The topological polar surface area (TPSA) is 77.1 Å². The van der Waals surface area contributed by atoms with Crippen LogP contribution in [0.25, 0.3) is 0 Å². The van der Waals surface area contributed by atoms with Crippen LogP contribution in [0.3, 0.4) is 0 Å². The number of rotatable bonds is 7. The van der Waals surface area contributed by atoms with Crippen LogP contribution < -0.4 is 4.72 Å². The summed E-state index contributed by atoms with van der Waals surface area (Å²) < 4.78 is 34.4. The number of hydrogen-bond donors (Lipinski definition) is 1. The monoisotopic (exact) mass is 365 g/mol. The Bertz CT molecular complexity index is 843. The van der Waals surface area contributed by atoms with Gasteiger partial charge in [0.25, 0.3) is 0 Å². The fraction of sp³-hybridized carbons (Fsp3) is 0.188. The average Bonchev–Trinajstić information content (AvgIpc) is 3.20. The van der Waals surface area contributed by atoms with Gasteiger partial charge in [0.15, 0.2) is 0 Å². The molecule has 3 aromatic rings. The first-order valence-electron chi connectivity index (χ1n) is 7.28. The second kappa shape index (κ2) is 7.21. The fourth-order valence-electron chi connectivity index (χ4n) is 2.37. The molecule has 0 amide bonds. The number of benzene rings is 1. The largest absolute Gasteiger partial charge is 0.467 e. The summed E-state index contributed by atoms with van der Waals surface area (Å²) in [7, 11) is -3.52. The van der Waals surface area contributed by atoms with Gasteiger partial charge in [0.2, 0.25) is 10.0 Å². The number of sulfonamides is 1. The number of furan rings is 1. The van der Waals surface area contributed by atoms with E-state index in [0.717, 1.165) is 0 Å². The molecule has 1 N–H and O–H groups in total. The van der Waals surface area contributed by atoms with Gasteiger partial charge in [-0.15, -0.1) is 0 Å². The van der Waals surface area contributed by atoms with Crippen LogP contribution in [-0.2, 0) is 15.8 Å². The highest BCUT2D eigenvalue weighted by Gasteiger charge is 2.20. The summed E-state index contributed by atoms with van der Waals surface area (Å²) >= 11 is 5.90. The first-order valence-corrected chi connectivity index (χ1v) is 9.31. The van der Waals surface area contributed by atoms with Crippen molar-refractivity contribution in [2.75, 3.05) is 6.54 Å². The predicted octanol–water partition coefficient (Wildman–Crippen LogP) is 2.84. The maximum absolute atomic E-state index is 12.3. The van der Waals surface area contributed by atoms with Crippen molar-refractivity contribution in [3.05, 3.63) is 77.5 Å². The van der Waals surface area contributed by atoms with Crippen LogP contribution in [0.5, 0.6) is 0 Å². The molecule has 6 nitrogen and oxygen atoms in total. The Labute approximate surface area is 145 Å². The number of nitrogens with zero attached hydrogens (tertiary/aromatic N) is 2. The summed E-state index contributed by atoms with van der Waals surface area (Å²) in [5, 5.41) is 4.68. The second-order valence-corrected chi connectivity index (χ2v) is 7.50. The molecule has 2 aromatic heterocycles. The van der Waals surface area contributed by atoms with Gasteiger partial charge in [0, 0.05) is 24.0 Å². The maximum Gasteiger partial charge on any atom is 0.215 e. The molecule has 0 aliphatic carbocycles. The molecule has 3 rings (SSSR count). The summed E-state index contributed by atoms with van der Waals surface area (Å²) in [6.07, 6.45) is 4.95. The SMILES string of the molecule is O=S(=O)(Cc1cccc(Cl)c1)NCC(c1ccco1)n1cccn1. The lowest BCUT2D eigenvalue weighted by Crippen LogP contribution is -2.32. The van der Waals surface area contributed by atoms with Crippen LogP contribution in [0, 0.1) is 0 Å². The highest BCUT2D eigenvalue weighted by molar-refractivity contribution is 7.88. The van der Waals surface area contributed by atoms with Gasteiger partial charge >= 0.3 is 0 Å². The third kappa shape index (κ3) is 4.25. The first-order chi connectivity index (χ1) is 11.5. The van der Waals surface area contributed by atoms with Gasteiger partial charge in [-0.1, -0.05) is 23.7 Å². The van der Waals surface area contributed by atoms with E-state index in [4.69, 9.17) is 16.0 Å². The van der Waals surface area contributed by atoms with E-state index in [0.29, 0.717) is 16.3 Å². The Morgan fingerprint density at radius 2 is 2.12 bits per heavy atom. The lowest BCUT2D eigenvalue weighted by atomic mass is 10.2. The van der Waals surface area contributed by atoms with Crippen LogP contribution in [0.15, 0.2) is 65.5 Å². The van der Waals surface area contributed by atoms with Crippen LogP contribution >= 0.6 is 11.6 Å². The van der Waals surface area contributed by atoms with Gasteiger partial charge in [-0.3, -0.25) is 4.68 Å². The molecule has 2 heterocycles. The third-order valence-electron chi connectivity index (χ3n) is 3.46. The van der Waals surface area contributed by atoms with Crippen LogP contribution in [0.2, 0.25) is 5.02 Å². The van der Waals surface area contributed by atoms with E-state index >= 15 is 0 Å². The standard InChI is InChI=1S/C16H16ClN3O3S/c17-14-5-1-4-13(10-14)12-24(21,22)19-11-15(16-6-2-9-23-16)20-8-3-7-18-20/h1-10,15,19H,11-12H2. The summed E-state index contributed by atoms with van der Waals surface area (Å²) in [6, 6.07) is 11.8. The third-order valence-corrected chi connectivity index (χ3v) is 5.01. The molecule has 126 valence electrons. The molecule has 1 aromatic carbocycles. The summed E-state index contributed by atoms with van der Waals surface area (Å²) in [6.45, 7) is 0.137. The zero-order valence-corrected chi connectivity index (χ0v) is 14.2. The van der Waals surface area contributed by atoms with Gasteiger partial charge in [0.1, 0.15) is 11.8 Å². The Morgan fingerprint density at radius 3 is 2.79 bits per heavy atom. The first kappa shape index (κ1) is 16.8. The molecule has 0 aliphatic rings. The molecule has 0 saturated heterocycles. The second-order valence-electron chi connectivity index (χ2n) is 5.25. The summed E-state index contributed by atoms with van der Waals surface area (Å²) in [4.78, 5) is 0. The predicted molar refractivity (Wildman–Crippen MR) is 91.2 cm³/mol. The quantitative estimate of drug-likeness (QED) is 0.698. The van der Waals surface area contributed by atoms with E-state index in [9.17, 15) is 8.42 Å². The van der Waals surface area contributed by atoms with Crippen molar-refractivity contribution >= 4 is 21.6 Å². The lowest BCUT2D eigenvalue weighted by molar-refractivity contribution is 0.402. The molecular weight excluding hydrogens is 350 g/mol. The molecule has 0 bridgehead atoms. The molecule has 0 spiro atoms. The minimum Gasteiger partial charge on any atom is -0.467 e. The van der Waals surface area contributed by atoms with Gasteiger partial charge in [0.05, 0.1) is 12.0 Å².